The van der Waals surface area contributed by atoms with E-state index in [1.165, 1.54) is 62.5 Å². The first-order valence-electron chi connectivity index (χ1n) is 12.6. The van der Waals surface area contributed by atoms with Crippen LogP contribution < -0.4 is 0 Å². The van der Waals surface area contributed by atoms with E-state index in [9.17, 15) is 4.21 Å². The number of rotatable bonds is 8. The molecule has 0 aromatic carbocycles. The van der Waals surface area contributed by atoms with Crippen molar-refractivity contribution in [1.29, 1.82) is 0 Å². The van der Waals surface area contributed by atoms with Crippen molar-refractivity contribution in [3.8, 4) is 0 Å². The van der Waals surface area contributed by atoms with E-state index >= 15 is 0 Å². The monoisotopic (exact) mass is 440 g/mol. The first-order valence-corrected chi connectivity index (χ1v) is 13.9. The third-order valence-corrected chi connectivity index (χ3v) is 9.94. The first-order chi connectivity index (χ1) is 14.8. The highest BCUT2D eigenvalue weighted by atomic mass is 32.2. The molecule has 2 saturated carbocycles. The number of hydrogen-bond donors (Lipinski definition) is 0. The molecule has 172 valence electrons. The van der Waals surface area contributed by atoms with Gasteiger partial charge in [-0.25, -0.2) is 0 Å². The Morgan fingerprint density at radius 2 is 1.97 bits per heavy atom. The second-order valence-electron chi connectivity index (χ2n) is 10.6. The Balaban J connectivity index is 1.66. The predicted octanol–water partition coefficient (Wildman–Crippen LogP) is 8.38. The normalized spacial score (nSPS) is 30.8. The number of unbranched alkanes of at least 4 members (excludes halogenated alkanes) is 1. The Labute approximate surface area is 194 Å². The fraction of sp³-hybridized carbons (Fsp3) is 0.655. The third kappa shape index (κ3) is 5.81. The van der Waals surface area contributed by atoms with E-state index in [2.05, 4.69) is 64.7 Å². The van der Waals surface area contributed by atoms with Crippen LogP contribution in [0.5, 0.6) is 0 Å². The lowest BCUT2D eigenvalue weighted by Crippen LogP contribution is -2.30. The Hall–Kier alpha value is -1.15. The Morgan fingerprint density at radius 3 is 2.71 bits per heavy atom. The van der Waals surface area contributed by atoms with Crippen molar-refractivity contribution in [3.63, 3.8) is 0 Å². The molecule has 3 aliphatic carbocycles. The lowest BCUT2D eigenvalue weighted by molar-refractivity contribution is 0.231. The molecule has 0 amide bonds. The maximum atomic E-state index is 12.6. The van der Waals surface area contributed by atoms with Gasteiger partial charge in [-0.15, -0.1) is 0 Å². The molecule has 0 saturated heterocycles. The highest BCUT2D eigenvalue weighted by molar-refractivity contribution is 7.86. The fourth-order valence-electron chi connectivity index (χ4n) is 5.71. The Morgan fingerprint density at radius 1 is 1.19 bits per heavy atom. The highest BCUT2D eigenvalue weighted by Crippen LogP contribution is 2.55. The average molecular weight is 441 g/mol. The van der Waals surface area contributed by atoms with Gasteiger partial charge in [-0.05, 0) is 95.0 Å². The molecule has 3 aliphatic rings. The minimum atomic E-state index is -0.795. The summed E-state index contributed by atoms with van der Waals surface area (Å²) in [5.41, 5.74) is 6.39. The van der Waals surface area contributed by atoms with Crippen LogP contribution in [-0.2, 0) is 10.8 Å². The van der Waals surface area contributed by atoms with E-state index in [1.54, 1.807) is 11.1 Å². The highest BCUT2D eigenvalue weighted by Gasteiger charge is 2.44. The zero-order valence-corrected chi connectivity index (χ0v) is 21.3. The van der Waals surface area contributed by atoms with Crippen molar-refractivity contribution in [2.75, 3.05) is 5.75 Å². The molecule has 2 fully saturated rings. The standard InChI is InChI=1S/C29H44OS/c1-6-7-22-31(30)28(3,4)20-11-15-26-18-19-27-25(14-10-21-29(26,27)5)17-16-24-13-9-8-12-23(24)2/h11,16-18,20,27H,2,6-10,12-15,19,21-22H2,1,3-5H3/b20-11+,24-16-,25-17+. The molecule has 2 heteroatoms. The van der Waals surface area contributed by atoms with Gasteiger partial charge in [0, 0.05) is 16.6 Å². The summed E-state index contributed by atoms with van der Waals surface area (Å²) in [4.78, 5) is 0. The molecule has 31 heavy (non-hydrogen) atoms. The van der Waals surface area contributed by atoms with Crippen LogP contribution in [0.15, 0.2) is 59.3 Å². The summed E-state index contributed by atoms with van der Waals surface area (Å²) >= 11 is 0. The smallest absolute Gasteiger partial charge is 0.0582 e. The average Bonchev–Trinajstić information content (AvgIpc) is 3.08. The zero-order valence-electron chi connectivity index (χ0n) is 20.5. The van der Waals surface area contributed by atoms with Crippen LogP contribution in [0, 0.1) is 11.3 Å². The molecule has 3 unspecified atom stereocenters. The molecule has 1 nitrogen and oxygen atoms in total. The third-order valence-electron chi connectivity index (χ3n) is 7.97. The topological polar surface area (TPSA) is 17.1 Å². The SMILES string of the molecule is C=C1CCCC/C1=C/C=C1\CCCC2(C)C(C/C=C/C(C)(C)S(=O)CCCC)=CCC12. The summed E-state index contributed by atoms with van der Waals surface area (Å²) in [5.74, 6) is 1.47. The summed E-state index contributed by atoms with van der Waals surface area (Å²) in [6.07, 6.45) is 25.1. The van der Waals surface area contributed by atoms with Crippen LogP contribution in [0.1, 0.15) is 98.3 Å². The number of fused-ring (bicyclic) bond motifs is 1. The molecular formula is C29H44OS. The Bertz CT molecular complexity index is 807. The fourth-order valence-corrected chi connectivity index (χ4v) is 7.03. The summed E-state index contributed by atoms with van der Waals surface area (Å²) in [6, 6.07) is 0. The number of hydrogen-bond acceptors (Lipinski definition) is 1. The van der Waals surface area contributed by atoms with E-state index in [1.807, 2.05) is 0 Å². The molecule has 0 N–H and O–H groups in total. The largest absolute Gasteiger partial charge is 0.259 e. The molecule has 3 atom stereocenters. The molecule has 0 aliphatic heterocycles. The van der Waals surface area contributed by atoms with Gasteiger partial charge in [0.15, 0.2) is 0 Å². The van der Waals surface area contributed by atoms with Gasteiger partial charge in [0.2, 0.25) is 0 Å². The molecule has 0 radical (unpaired) electrons. The Kier molecular flexibility index (Phi) is 8.41. The summed E-state index contributed by atoms with van der Waals surface area (Å²) in [6.45, 7) is 13.2. The van der Waals surface area contributed by atoms with Gasteiger partial charge in [-0.2, -0.15) is 0 Å². The van der Waals surface area contributed by atoms with Crippen LogP contribution >= 0.6 is 0 Å². The lowest BCUT2D eigenvalue weighted by atomic mass is 9.63. The van der Waals surface area contributed by atoms with Gasteiger partial charge in [-0.3, -0.25) is 4.21 Å². The van der Waals surface area contributed by atoms with Gasteiger partial charge in [0.25, 0.3) is 0 Å². The number of allylic oxidation sites excluding steroid dienone is 8. The van der Waals surface area contributed by atoms with Crippen molar-refractivity contribution in [3.05, 3.63) is 59.3 Å². The van der Waals surface area contributed by atoms with Crippen molar-refractivity contribution < 1.29 is 4.21 Å². The minimum Gasteiger partial charge on any atom is -0.259 e. The van der Waals surface area contributed by atoms with Gasteiger partial charge in [0.1, 0.15) is 0 Å². The van der Waals surface area contributed by atoms with Gasteiger partial charge in [-0.1, -0.05) is 73.9 Å². The zero-order chi connectivity index (χ0) is 22.5. The maximum absolute atomic E-state index is 12.6. The first kappa shape index (κ1) is 24.5. The predicted molar refractivity (Wildman–Crippen MR) is 138 cm³/mol. The van der Waals surface area contributed by atoms with E-state index in [0.717, 1.165) is 25.0 Å². The van der Waals surface area contributed by atoms with Crippen LogP contribution in [0.4, 0.5) is 0 Å². The van der Waals surface area contributed by atoms with Crippen LogP contribution in [0.3, 0.4) is 0 Å². The molecule has 0 spiro atoms. The molecule has 0 heterocycles. The van der Waals surface area contributed by atoms with Gasteiger partial charge < -0.3 is 0 Å². The summed E-state index contributed by atoms with van der Waals surface area (Å²) in [5, 5.41) is 0. The maximum Gasteiger partial charge on any atom is 0.0582 e. The van der Waals surface area contributed by atoms with E-state index < -0.39 is 10.8 Å². The van der Waals surface area contributed by atoms with E-state index in [4.69, 9.17) is 0 Å². The van der Waals surface area contributed by atoms with Gasteiger partial charge >= 0.3 is 0 Å². The van der Waals surface area contributed by atoms with E-state index in [-0.39, 0.29) is 4.75 Å². The molecule has 0 bridgehead atoms. The van der Waals surface area contributed by atoms with Crippen molar-refractivity contribution in [2.24, 2.45) is 11.3 Å². The van der Waals surface area contributed by atoms with E-state index in [0.29, 0.717) is 11.3 Å². The molecule has 3 rings (SSSR count). The second kappa shape index (κ2) is 10.6. The van der Waals surface area contributed by atoms with Gasteiger partial charge in [0.05, 0.1) is 4.75 Å². The summed E-state index contributed by atoms with van der Waals surface area (Å²) < 4.78 is 12.4. The van der Waals surface area contributed by atoms with Crippen LogP contribution in [-0.4, -0.2) is 14.7 Å². The molecular weight excluding hydrogens is 396 g/mol. The molecule has 0 aromatic rings. The quantitative estimate of drug-likeness (QED) is 0.346. The summed E-state index contributed by atoms with van der Waals surface area (Å²) in [7, 11) is -0.795. The van der Waals surface area contributed by atoms with Crippen molar-refractivity contribution >= 4 is 10.8 Å². The minimum absolute atomic E-state index is 0.235. The van der Waals surface area contributed by atoms with Crippen LogP contribution in [0.25, 0.3) is 0 Å². The van der Waals surface area contributed by atoms with Crippen molar-refractivity contribution in [1.82, 2.24) is 0 Å². The van der Waals surface area contributed by atoms with Crippen LogP contribution in [0.2, 0.25) is 0 Å². The lowest BCUT2D eigenvalue weighted by Gasteiger charge is -2.41. The second-order valence-corrected chi connectivity index (χ2v) is 12.8. The molecule has 0 aromatic heterocycles. The van der Waals surface area contributed by atoms with Crippen molar-refractivity contribution in [2.45, 2.75) is 103 Å².